The van der Waals surface area contributed by atoms with E-state index in [0.717, 1.165) is 36.5 Å². The Labute approximate surface area is 118 Å². The number of aldehydes is 2. The van der Waals surface area contributed by atoms with Gasteiger partial charge in [-0.15, -0.1) is 0 Å². The summed E-state index contributed by atoms with van der Waals surface area (Å²) in [4.78, 5) is 21.2. The average molecular weight is 264 g/mol. The number of rotatable bonds is 4. The van der Waals surface area contributed by atoms with Gasteiger partial charge in [-0.05, 0) is 46.2 Å². The van der Waals surface area contributed by atoms with E-state index >= 15 is 0 Å². The molecule has 2 heteroatoms. The van der Waals surface area contributed by atoms with Crippen LogP contribution in [0.5, 0.6) is 0 Å². The third kappa shape index (κ3) is 2.29. The van der Waals surface area contributed by atoms with Crippen molar-refractivity contribution in [2.24, 2.45) is 0 Å². The summed E-state index contributed by atoms with van der Waals surface area (Å²) in [5.74, 6) is 0. The predicted octanol–water partition coefficient (Wildman–Crippen LogP) is 2.94. The van der Waals surface area contributed by atoms with Crippen LogP contribution in [0.3, 0.4) is 0 Å². The minimum absolute atomic E-state index is 0.485. The fourth-order valence-corrected chi connectivity index (χ4v) is 2.95. The van der Waals surface area contributed by atoms with E-state index in [1.54, 1.807) is 0 Å². The molecule has 0 bridgehead atoms. The summed E-state index contributed by atoms with van der Waals surface area (Å²) in [5, 5.41) is 0. The number of hydrogen-bond acceptors (Lipinski definition) is 2. The molecule has 1 aliphatic rings. The van der Waals surface area contributed by atoms with Crippen LogP contribution in [-0.4, -0.2) is 12.6 Å². The standard InChI is InChI=1S/C18H16O2/c19-9-7-13-1-5-17-15(11-13)3-4-16-12-14(8-10-20)2-6-18(16)17/h1-2,5-6,9-12H,3-4,7-8H2. The van der Waals surface area contributed by atoms with Crippen LogP contribution < -0.4 is 0 Å². The van der Waals surface area contributed by atoms with Crippen molar-refractivity contribution in [2.75, 3.05) is 0 Å². The van der Waals surface area contributed by atoms with Crippen LogP contribution >= 0.6 is 0 Å². The minimum atomic E-state index is 0.485. The second-order valence-electron chi connectivity index (χ2n) is 5.22. The van der Waals surface area contributed by atoms with Gasteiger partial charge in [0.1, 0.15) is 12.6 Å². The molecule has 0 saturated carbocycles. The maximum absolute atomic E-state index is 10.6. The van der Waals surface area contributed by atoms with E-state index in [1.165, 1.54) is 22.3 Å². The predicted molar refractivity (Wildman–Crippen MR) is 78.8 cm³/mol. The van der Waals surface area contributed by atoms with E-state index in [4.69, 9.17) is 0 Å². The normalized spacial score (nSPS) is 12.4. The van der Waals surface area contributed by atoms with E-state index in [9.17, 15) is 9.59 Å². The van der Waals surface area contributed by atoms with E-state index < -0.39 is 0 Å². The van der Waals surface area contributed by atoms with Crippen LogP contribution in [0.1, 0.15) is 22.3 Å². The summed E-state index contributed by atoms with van der Waals surface area (Å²) in [6, 6.07) is 12.6. The summed E-state index contributed by atoms with van der Waals surface area (Å²) in [6.45, 7) is 0. The summed E-state index contributed by atoms with van der Waals surface area (Å²) >= 11 is 0. The van der Waals surface area contributed by atoms with Crippen LogP contribution in [0.25, 0.3) is 11.1 Å². The highest BCUT2D eigenvalue weighted by molar-refractivity contribution is 5.74. The van der Waals surface area contributed by atoms with Gasteiger partial charge in [0.05, 0.1) is 0 Å². The van der Waals surface area contributed by atoms with Crippen molar-refractivity contribution < 1.29 is 9.59 Å². The lowest BCUT2D eigenvalue weighted by Gasteiger charge is -2.21. The van der Waals surface area contributed by atoms with E-state index in [-0.39, 0.29) is 0 Å². The van der Waals surface area contributed by atoms with Crippen LogP contribution in [0.15, 0.2) is 36.4 Å². The number of hydrogen-bond donors (Lipinski definition) is 0. The summed E-state index contributed by atoms with van der Waals surface area (Å²) in [5.41, 5.74) is 7.33. The molecule has 3 rings (SSSR count). The van der Waals surface area contributed by atoms with Gasteiger partial charge in [-0.1, -0.05) is 36.4 Å². The topological polar surface area (TPSA) is 34.1 Å². The lowest BCUT2D eigenvalue weighted by molar-refractivity contribution is -0.108. The Morgan fingerprint density at radius 3 is 1.60 bits per heavy atom. The molecule has 2 aromatic carbocycles. The molecule has 0 heterocycles. The van der Waals surface area contributed by atoms with Crippen molar-refractivity contribution in [2.45, 2.75) is 25.7 Å². The number of carbonyl (C=O) groups excluding carboxylic acids is 2. The second-order valence-corrected chi connectivity index (χ2v) is 5.22. The van der Waals surface area contributed by atoms with Crippen LogP contribution in [0, 0.1) is 0 Å². The van der Waals surface area contributed by atoms with E-state index in [2.05, 4.69) is 24.3 Å². The molecule has 0 radical (unpaired) electrons. The molecule has 0 saturated heterocycles. The van der Waals surface area contributed by atoms with Crippen molar-refractivity contribution in [3.8, 4) is 11.1 Å². The maximum Gasteiger partial charge on any atom is 0.124 e. The number of fused-ring (bicyclic) bond motifs is 3. The quantitative estimate of drug-likeness (QED) is 0.796. The van der Waals surface area contributed by atoms with E-state index in [0.29, 0.717) is 12.8 Å². The lowest BCUT2D eigenvalue weighted by atomic mass is 9.83. The number of carbonyl (C=O) groups is 2. The Morgan fingerprint density at radius 2 is 1.20 bits per heavy atom. The van der Waals surface area contributed by atoms with Crippen molar-refractivity contribution in [3.05, 3.63) is 58.7 Å². The summed E-state index contributed by atoms with van der Waals surface area (Å²) in [6.07, 6.45) is 4.87. The van der Waals surface area contributed by atoms with Gasteiger partial charge in [-0.3, -0.25) is 0 Å². The molecular formula is C18H16O2. The van der Waals surface area contributed by atoms with Crippen LogP contribution in [0.4, 0.5) is 0 Å². The van der Waals surface area contributed by atoms with Gasteiger partial charge in [-0.25, -0.2) is 0 Å². The zero-order valence-corrected chi connectivity index (χ0v) is 11.3. The first-order chi connectivity index (χ1) is 9.81. The third-order valence-electron chi connectivity index (χ3n) is 3.93. The van der Waals surface area contributed by atoms with Gasteiger partial charge in [0.25, 0.3) is 0 Å². The Balaban J connectivity index is 2.02. The van der Waals surface area contributed by atoms with E-state index in [1.807, 2.05) is 12.1 Å². The fourth-order valence-electron chi connectivity index (χ4n) is 2.95. The Hall–Kier alpha value is -2.22. The average Bonchev–Trinajstić information content (AvgIpc) is 2.47. The third-order valence-corrected chi connectivity index (χ3v) is 3.93. The largest absolute Gasteiger partial charge is 0.303 e. The van der Waals surface area contributed by atoms with Crippen LogP contribution in [-0.2, 0) is 35.3 Å². The monoisotopic (exact) mass is 264 g/mol. The fraction of sp³-hybridized carbons (Fsp3) is 0.222. The molecular weight excluding hydrogens is 248 g/mol. The first kappa shape index (κ1) is 12.8. The van der Waals surface area contributed by atoms with Gasteiger partial charge in [0.15, 0.2) is 0 Å². The van der Waals surface area contributed by atoms with Gasteiger partial charge in [-0.2, -0.15) is 0 Å². The van der Waals surface area contributed by atoms with Gasteiger partial charge >= 0.3 is 0 Å². The lowest BCUT2D eigenvalue weighted by Crippen LogP contribution is -2.05. The van der Waals surface area contributed by atoms with Crippen molar-refractivity contribution >= 4 is 12.6 Å². The van der Waals surface area contributed by atoms with Gasteiger partial charge in [0.2, 0.25) is 0 Å². The van der Waals surface area contributed by atoms with Crippen molar-refractivity contribution in [3.63, 3.8) is 0 Å². The van der Waals surface area contributed by atoms with Crippen molar-refractivity contribution in [1.29, 1.82) is 0 Å². The highest BCUT2D eigenvalue weighted by Gasteiger charge is 2.16. The minimum Gasteiger partial charge on any atom is -0.303 e. The smallest absolute Gasteiger partial charge is 0.124 e. The van der Waals surface area contributed by atoms with Gasteiger partial charge < -0.3 is 9.59 Å². The summed E-state index contributed by atoms with van der Waals surface area (Å²) in [7, 11) is 0. The summed E-state index contributed by atoms with van der Waals surface area (Å²) < 4.78 is 0. The molecule has 2 nitrogen and oxygen atoms in total. The molecule has 0 unspecified atom stereocenters. The second kappa shape index (κ2) is 5.41. The molecule has 2 aromatic rings. The molecule has 0 aliphatic heterocycles. The molecule has 0 aromatic heterocycles. The zero-order valence-electron chi connectivity index (χ0n) is 11.3. The molecule has 100 valence electrons. The number of aryl methyl sites for hydroxylation is 2. The highest BCUT2D eigenvalue weighted by atomic mass is 16.1. The molecule has 0 amide bonds. The van der Waals surface area contributed by atoms with Gasteiger partial charge in [0, 0.05) is 12.8 Å². The molecule has 0 fully saturated rings. The van der Waals surface area contributed by atoms with Crippen LogP contribution in [0.2, 0.25) is 0 Å². The Morgan fingerprint density at radius 1 is 0.750 bits per heavy atom. The molecule has 0 atom stereocenters. The molecule has 1 aliphatic carbocycles. The highest BCUT2D eigenvalue weighted by Crippen LogP contribution is 2.34. The zero-order chi connectivity index (χ0) is 13.9. The molecule has 0 N–H and O–H groups in total. The first-order valence-electron chi connectivity index (χ1n) is 6.93. The SMILES string of the molecule is O=CCc1ccc2c(c1)CCc1cc(CC=O)ccc1-2. The Bertz CT molecular complexity index is 612. The first-order valence-corrected chi connectivity index (χ1v) is 6.93. The number of benzene rings is 2. The molecule has 0 spiro atoms. The Kier molecular flexibility index (Phi) is 3.46. The maximum atomic E-state index is 10.6. The van der Waals surface area contributed by atoms with Crippen molar-refractivity contribution in [1.82, 2.24) is 0 Å². The molecule has 20 heavy (non-hydrogen) atoms.